The molecule has 3 N–H and O–H groups in total. The zero-order chi connectivity index (χ0) is 16.3. The van der Waals surface area contributed by atoms with Crippen molar-refractivity contribution in [2.75, 3.05) is 11.9 Å². The largest absolute Gasteiger partial charge is 0.327 e. The standard InChI is InChI=1S/C18H29N3O.2ClH/c1-12(2)8-9-21-10-15-6-5-7-17(16(15)11-21)20-18(22)13(3)14(4)19;;/h5-7,12-14H,8-11,19H2,1-4H3,(H,20,22);2*1H. The van der Waals surface area contributed by atoms with Gasteiger partial charge in [-0.25, -0.2) is 0 Å². The first-order valence-electron chi connectivity index (χ1n) is 8.28. The number of anilines is 1. The van der Waals surface area contributed by atoms with Crippen molar-refractivity contribution in [3.63, 3.8) is 0 Å². The molecule has 138 valence electrons. The molecule has 4 nitrogen and oxygen atoms in total. The summed E-state index contributed by atoms with van der Waals surface area (Å²) in [5, 5.41) is 3.06. The van der Waals surface area contributed by atoms with Gasteiger partial charge in [0.05, 0.1) is 5.92 Å². The van der Waals surface area contributed by atoms with Crippen molar-refractivity contribution < 1.29 is 4.79 Å². The second-order valence-corrected chi connectivity index (χ2v) is 6.97. The lowest BCUT2D eigenvalue weighted by Crippen LogP contribution is -2.34. The highest BCUT2D eigenvalue weighted by Crippen LogP contribution is 2.30. The van der Waals surface area contributed by atoms with E-state index in [-0.39, 0.29) is 42.7 Å². The number of halogens is 2. The second kappa shape index (κ2) is 10.2. The van der Waals surface area contributed by atoms with Gasteiger partial charge in [0.2, 0.25) is 5.91 Å². The van der Waals surface area contributed by atoms with E-state index in [0.29, 0.717) is 0 Å². The quantitative estimate of drug-likeness (QED) is 0.794. The molecule has 1 heterocycles. The molecule has 0 bridgehead atoms. The fourth-order valence-corrected chi connectivity index (χ4v) is 2.69. The van der Waals surface area contributed by atoms with Crippen molar-refractivity contribution >= 4 is 36.4 Å². The molecule has 2 unspecified atom stereocenters. The molecule has 0 fully saturated rings. The summed E-state index contributed by atoms with van der Waals surface area (Å²) in [6.45, 7) is 11.3. The molecule has 0 radical (unpaired) electrons. The Morgan fingerprint density at radius 3 is 2.46 bits per heavy atom. The molecule has 1 amide bonds. The maximum Gasteiger partial charge on any atom is 0.228 e. The molecule has 0 saturated heterocycles. The summed E-state index contributed by atoms with van der Waals surface area (Å²) in [5.74, 6) is 0.535. The number of nitrogens with zero attached hydrogens (tertiary/aromatic N) is 1. The van der Waals surface area contributed by atoms with E-state index >= 15 is 0 Å². The Balaban J connectivity index is 0.00000264. The average molecular weight is 376 g/mol. The zero-order valence-electron chi connectivity index (χ0n) is 15.0. The smallest absolute Gasteiger partial charge is 0.228 e. The highest BCUT2D eigenvalue weighted by molar-refractivity contribution is 5.93. The number of nitrogens with two attached hydrogens (primary N) is 1. The molecule has 1 aliphatic rings. The first-order valence-corrected chi connectivity index (χ1v) is 8.28. The van der Waals surface area contributed by atoms with Crippen LogP contribution in [0, 0.1) is 11.8 Å². The molecule has 0 spiro atoms. The van der Waals surface area contributed by atoms with Gasteiger partial charge < -0.3 is 11.1 Å². The molecule has 0 aromatic heterocycles. The Kier molecular flexibility index (Phi) is 9.90. The minimum atomic E-state index is -0.186. The third-order valence-electron chi connectivity index (χ3n) is 4.53. The molecule has 24 heavy (non-hydrogen) atoms. The van der Waals surface area contributed by atoms with Crippen molar-refractivity contribution in [3.05, 3.63) is 29.3 Å². The predicted octanol–water partition coefficient (Wildman–Crippen LogP) is 3.81. The fourth-order valence-electron chi connectivity index (χ4n) is 2.69. The van der Waals surface area contributed by atoms with Gasteiger partial charge in [0.25, 0.3) is 0 Å². The number of nitrogens with one attached hydrogen (secondary N) is 1. The lowest BCUT2D eigenvalue weighted by Gasteiger charge is -2.18. The van der Waals surface area contributed by atoms with Crippen LogP contribution in [-0.4, -0.2) is 23.4 Å². The molecule has 0 aliphatic carbocycles. The Bertz CT molecular complexity index is 535. The molecular weight excluding hydrogens is 345 g/mol. The first kappa shape index (κ1) is 23.2. The summed E-state index contributed by atoms with van der Waals surface area (Å²) in [5.41, 5.74) is 9.36. The molecule has 0 saturated carbocycles. The Morgan fingerprint density at radius 2 is 1.88 bits per heavy atom. The third kappa shape index (κ3) is 5.92. The van der Waals surface area contributed by atoms with Crippen molar-refractivity contribution in [2.45, 2.75) is 53.2 Å². The molecule has 6 heteroatoms. The molecular formula is C18H31Cl2N3O. The van der Waals surface area contributed by atoms with E-state index in [1.807, 2.05) is 26.0 Å². The summed E-state index contributed by atoms with van der Waals surface area (Å²) < 4.78 is 0. The predicted molar refractivity (Wildman–Crippen MR) is 106 cm³/mol. The van der Waals surface area contributed by atoms with Crippen LogP contribution in [0.25, 0.3) is 0 Å². The van der Waals surface area contributed by atoms with Gasteiger partial charge in [0.15, 0.2) is 0 Å². The van der Waals surface area contributed by atoms with Crippen LogP contribution < -0.4 is 11.1 Å². The lowest BCUT2D eigenvalue weighted by atomic mass is 10.0. The second-order valence-electron chi connectivity index (χ2n) is 6.97. The number of amides is 1. The van der Waals surface area contributed by atoms with Crippen LogP contribution in [0.5, 0.6) is 0 Å². The van der Waals surface area contributed by atoms with Crippen LogP contribution in [0.4, 0.5) is 5.69 Å². The Morgan fingerprint density at radius 1 is 1.21 bits per heavy atom. The maximum atomic E-state index is 12.2. The van der Waals surface area contributed by atoms with E-state index in [1.165, 1.54) is 17.5 Å². The van der Waals surface area contributed by atoms with Gasteiger partial charge in [-0.1, -0.05) is 32.9 Å². The minimum absolute atomic E-state index is 0. The van der Waals surface area contributed by atoms with Crippen LogP contribution in [0.3, 0.4) is 0 Å². The Hall–Kier alpha value is -0.810. The zero-order valence-corrected chi connectivity index (χ0v) is 16.7. The number of carbonyl (C=O) groups is 1. The van der Waals surface area contributed by atoms with E-state index in [4.69, 9.17) is 5.73 Å². The topological polar surface area (TPSA) is 58.4 Å². The van der Waals surface area contributed by atoms with Crippen molar-refractivity contribution in [2.24, 2.45) is 17.6 Å². The van der Waals surface area contributed by atoms with Gasteiger partial charge in [-0.3, -0.25) is 9.69 Å². The first-order chi connectivity index (χ1) is 10.4. The molecule has 1 aromatic carbocycles. The number of rotatable bonds is 6. The summed E-state index contributed by atoms with van der Waals surface area (Å²) >= 11 is 0. The Labute approximate surface area is 158 Å². The summed E-state index contributed by atoms with van der Waals surface area (Å²) in [7, 11) is 0. The number of hydrogen-bond donors (Lipinski definition) is 2. The van der Waals surface area contributed by atoms with Crippen LogP contribution in [0.1, 0.15) is 45.2 Å². The van der Waals surface area contributed by atoms with E-state index in [9.17, 15) is 4.79 Å². The minimum Gasteiger partial charge on any atom is -0.327 e. The summed E-state index contributed by atoms with van der Waals surface area (Å²) in [6.07, 6.45) is 1.21. The van der Waals surface area contributed by atoms with Gasteiger partial charge in [0, 0.05) is 24.8 Å². The van der Waals surface area contributed by atoms with Gasteiger partial charge in [-0.2, -0.15) is 0 Å². The van der Waals surface area contributed by atoms with Crippen molar-refractivity contribution in [1.29, 1.82) is 0 Å². The number of hydrogen-bond acceptors (Lipinski definition) is 3. The van der Waals surface area contributed by atoms with Crippen LogP contribution in [0.2, 0.25) is 0 Å². The normalized spacial score (nSPS) is 15.9. The molecule has 2 atom stereocenters. The highest BCUT2D eigenvalue weighted by atomic mass is 35.5. The van der Waals surface area contributed by atoms with E-state index in [1.54, 1.807) is 0 Å². The van der Waals surface area contributed by atoms with Gasteiger partial charge in [0.1, 0.15) is 0 Å². The highest BCUT2D eigenvalue weighted by Gasteiger charge is 2.24. The van der Waals surface area contributed by atoms with Gasteiger partial charge in [-0.15, -0.1) is 24.8 Å². The van der Waals surface area contributed by atoms with E-state index < -0.39 is 0 Å². The van der Waals surface area contributed by atoms with Gasteiger partial charge >= 0.3 is 0 Å². The maximum absolute atomic E-state index is 12.2. The van der Waals surface area contributed by atoms with Crippen molar-refractivity contribution in [1.82, 2.24) is 4.90 Å². The lowest BCUT2D eigenvalue weighted by molar-refractivity contribution is -0.119. The van der Waals surface area contributed by atoms with Crippen LogP contribution in [0.15, 0.2) is 18.2 Å². The fraction of sp³-hybridized carbons (Fsp3) is 0.611. The third-order valence-corrected chi connectivity index (χ3v) is 4.53. The average Bonchev–Trinajstić information content (AvgIpc) is 2.88. The molecule has 2 rings (SSSR count). The van der Waals surface area contributed by atoms with Crippen LogP contribution in [-0.2, 0) is 17.9 Å². The summed E-state index contributed by atoms with van der Waals surface area (Å²) in [4.78, 5) is 14.7. The number of benzene rings is 1. The molecule has 1 aliphatic heterocycles. The summed E-state index contributed by atoms with van der Waals surface area (Å²) in [6, 6.07) is 6.04. The monoisotopic (exact) mass is 375 g/mol. The van der Waals surface area contributed by atoms with Gasteiger partial charge in [-0.05, 0) is 43.0 Å². The van der Waals surface area contributed by atoms with Crippen molar-refractivity contribution in [3.8, 4) is 0 Å². The number of carbonyl (C=O) groups excluding carboxylic acids is 1. The van der Waals surface area contributed by atoms with E-state index in [0.717, 1.165) is 31.2 Å². The van der Waals surface area contributed by atoms with E-state index in [2.05, 4.69) is 30.1 Å². The van der Waals surface area contributed by atoms with Crippen LogP contribution >= 0.6 is 24.8 Å². The SMILES string of the molecule is CC(C)CCN1Cc2cccc(NC(=O)C(C)C(C)N)c2C1.Cl.Cl. The molecule has 1 aromatic rings. The number of fused-ring (bicyclic) bond motifs is 1.